The van der Waals surface area contributed by atoms with E-state index in [0.717, 1.165) is 0 Å². The van der Waals surface area contributed by atoms with Gasteiger partial charge in [0.05, 0.1) is 0 Å². The number of aliphatic carboxylic acids is 1. The molecule has 0 aromatic carbocycles. The second kappa shape index (κ2) is 5.03. The summed E-state index contributed by atoms with van der Waals surface area (Å²) in [4.78, 5) is 22.1. The molecule has 0 aliphatic carbocycles. The number of rotatable bonds is 5. The van der Waals surface area contributed by atoms with Crippen LogP contribution in [-0.4, -0.2) is 43.6 Å². The summed E-state index contributed by atoms with van der Waals surface area (Å²) in [6.45, 7) is 1.83. The zero-order chi connectivity index (χ0) is 11.3. The number of nitrogens with zero attached hydrogens (tertiary/aromatic N) is 3. The Hall–Kier alpha value is -1.99. The summed E-state index contributed by atoms with van der Waals surface area (Å²) in [5, 5.41) is 23.2. The Morgan fingerprint density at radius 1 is 1.60 bits per heavy atom. The number of tetrazole rings is 1. The van der Waals surface area contributed by atoms with Crippen LogP contribution in [0.25, 0.3) is 0 Å². The molecule has 1 rings (SSSR count). The van der Waals surface area contributed by atoms with Crippen molar-refractivity contribution in [2.24, 2.45) is 0 Å². The van der Waals surface area contributed by atoms with E-state index in [1.165, 1.54) is 0 Å². The Morgan fingerprint density at radius 2 is 2.33 bits per heavy atom. The van der Waals surface area contributed by atoms with Gasteiger partial charge < -0.3 is 10.4 Å². The number of carboxylic acid groups (broad SMARTS) is 1. The summed E-state index contributed by atoms with van der Waals surface area (Å²) in [5.41, 5.74) is 0. The van der Waals surface area contributed by atoms with Gasteiger partial charge in [0, 0.05) is 0 Å². The lowest BCUT2D eigenvalue weighted by atomic mass is 10.1. The number of amides is 1. The fraction of sp³-hybridized carbons (Fsp3) is 0.571. The molecule has 0 aliphatic heterocycles. The molecule has 8 heteroatoms. The van der Waals surface area contributed by atoms with Gasteiger partial charge in [-0.2, -0.15) is 5.21 Å². The molecule has 0 unspecified atom stereocenters. The van der Waals surface area contributed by atoms with Gasteiger partial charge in [0.2, 0.25) is 0 Å². The second-order valence-electron chi connectivity index (χ2n) is 2.89. The Morgan fingerprint density at radius 3 is 2.80 bits per heavy atom. The van der Waals surface area contributed by atoms with E-state index in [9.17, 15) is 9.59 Å². The summed E-state index contributed by atoms with van der Waals surface area (Å²) in [6.07, 6.45) is 1.02. The third-order valence-electron chi connectivity index (χ3n) is 1.73. The molecule has 1 aromatic rings. The smallest absolute Gasteiger partial charge is 0.326 e. The normalized spacial score (nSPS) is 12.1. The predicted octanol–water partition coefficient (Wildman–Crippen LogP) is -0.817. The van der Waals surface area contributed by atoms with Crippen LogP contribution < -0.4 is 5.32 Å². The first-order chi connectivity index (χ1) is 7.15. The highest BCUT2D eigenvalue weighted by molar-refractivity contribution is 5.93. The Labute approximate surface area is 85.1 Å². The van der Waals surface area contributed by atoms with E-state index in [1.54, 1.807) is 0 Å². The van der Waals surface area contributed by atoms with Crippen LogP contribution in [0.1, 0.15) is 30.4 Å². The van der Waals surface area contributed by atoms with Gasteiger partial charge in [0.1, 0.15) is 6.04 Å². The maximum atomic E-state index is 11.3. The largest absolute Gasteiger partial charge is 0.480 e. The lowest BCUT2D eigenvalue weighted by molar-refractivity contribution is -0.139. The highest BCUT2D eigenvalue weighted by Crippen LogP contribution is 1.98. The fourth-order valence-corrected chi connectivity index (χ4v) is 1.03. The third-order valence-corrected chi connectivity index (χ3v) is 1.73. The maximum absolute atomic E-state index is 11.3. The zero-order valence-corrected chi connectivity index (χ0v) is 8.10. The second-order valence-corrected chi connectivity index (χ2v) is 2.89. The molecule has 0 radical (unpaired) electrons. The summed E-state index contributed by atoms with van der Waals surface area (Å²) in [6, 6.07) is -0.916. The highest BCUT2D eigenvalue weighted by atomic mass is 16.4. The first kappa shape index (κ1) is 11.1. The van der Waals surface area contributed by atoms with Crippen LogP contribution in [0, 0.1) is 0 Å². The lowest BCUT2D eigenvalue weighted by Crippen LogP contribution is -2.41. The minimum Gasteiger partial charge on any atom is -0.480 e. The molecule has 0 fully saturated rings. The van der Waals surface area contributed by atoms with E-state index in [-0.39, 0.29) is 5.82 Å². The van der Waals surface area contributed by atoms with E-state index in [0.29, 0.717) is 12.8 Å². The van der Waals surface area contributed by atoms with Crippen LogP contribution in [0.4, 0.5) is 0 Å². The average molecular weight is 213 g/mol. The molecular weight excluding hydrogens is 202 g/mol. The van der Waals surface area contributed by atoms with E-state index in [4.69, 9.17) is 5.11 Å². The van der Waals surface area contributed by atoms with Gasteiger partial charge in [0.15, 0.2) is 0 Å². The lowest BCUT2D eigenvalue weighted by Gasteiger charge is -2.11. The van der Waals surface area contributed by atoms with Crippen LogP contribution in [0.5, 0.6) is 0 Å². The number of carbonyl (C=O) groups is 2. The standard InChI is InChI=1S/C7H11N5O3/c1-2-3-4(7(14)15)8-6(13)5-9-11-12-10-5/h4H,2-3H2,1H3,(H,8,13)(H,14,15)(H,9,10,11,12)/t4-/m0/s1. The zero-order valence-electron chi connectivity index (χ0n) is 8.10. The molecule has 0 spiro atoms. The topological polar surface area (TPSA) is 121 Å². The first-order valence-electron chi connectivity index (χ1n) is 4.42. The first-order valence-corrected chi connectivity index (χ1v) is 4.42. The van der Waals surface area contributed by atoms with Crippen molar-refractivity contribution in [1.29, 1.82) is 0 Å². The van der Waals surface area contributed by atoms with E-state index in [2.05, 4.69) is 25.9 Å². The van der Waals surface area contributed by atoms with Gasteiger partial charge in [-0.05, 0) is 11.6 Å². The number of aromatic nitrogens is 4. The molecule has 0 saturated carbocycles. The van der Waals surface area contributed by atoms with Gasteiger partial charge in [-0.3, -0.25) is 4.79 Å². The fourth-order valence-electron chi connectivity index (χ4n) is 1.03. The summed E-state index contributed by atoms with van der Waals surface area (Å²) < 4.78 is 0. The Kier molecular flexibility index (Phi) is 3.72. The molecule has 1 amide bonds. The van der Waals surface area contributed by atoms with Crippen molar-refractivity contribution in [2.75, 3.05) is 0 Å². The molecule has 1 heterocycles. The van der Waals surface area contributed by atoms with Crippen molar-refractivity contribution in [2.45, 2.75) is 25.8 Å². The molecule has 1 atom stereocenters. The molecule has 82 valence electrons. The van der Waals surface area contributed by atoms with Crippen molar-refractivity contribution in [3.63, 3.8) is 0 Å². The van der Waals surface area contributed by atoms with Crippen molar-refractivity contribution in [3.8, 4) is 0 Å². The van der Waals surface area contributed by atoms with Crippen molar-refractivity contribution in [1.82, 2.24) is 25.9 Å². The number of hydrogen-bond acceptors (Lipinski definition) is 5. The van der Waals surface area contributed by atoms with Crippen LogP contribution in [0.3, 0.4) is 0 Å². The van der Waals surface area contributed by atoms with Crippen LogP contribution in [-0.2, 0) is 4.79 Å². The molecule has 0 bridgehead atoms. The van der Waals surface area contributed by atoms with Gasteiger partial charge in [0.25, 0.3) is 11.7 Å². The monoisotopic (exact) mass is 213 g/mol. The SMILES string of the molecule is CCC[C@H](NC(=O)c1nn[nH]n1)C(=O)O. The number of hydrogen-bond donors (Lipinski definition) is 3. The van der Waals surface area contributed by atoms with Crippen molar-refractivity contribution in [3.05, 3.63) is 5.82 Å². The third kappa shape index (κ3) is 3.01. The molecule has 1 aromatic heterocycles. The molecule has 3 N–H and O–H groups in total. The number of H-pyrrole nitrogens is 1. The summed E-state index contributed by atoms with van der Waals surface area (Å²) in [5.74, 6) is -1.89. The van der Waals surface area contributed by atoms with Crippen LogP contribution in [0.2, 0.25) is 0 Å². The van der Waals surface area contributed by atoms with Gasteiger partial charge in [-0.25, -0.2) is 4.79 Å². The Balaban J connectivity index is 2.59. The van der Waals surface area contributed by atoms with E-state index in [1.807, 2.05) is 6.92 Å². The molecule has 8 nitrogen and oxygen atoms in total. The minimum absolute atomic E-state index is 0.169. The molecular formula is C7H11N5O3. The van der Waals surface area contributed by atoms with Crippen molar-refractivity contribution < 1.29 is 14.7 Å². The summed E-state index contributed by atoms with van der Waals surface area (Å²) >= 11 is 0. The molecule has 0 saturated heterocycles. The van der Waals surface area contributed by atoms with Crippen molar-refractivity contribution >= 4 is 11.9 Å². The molecule has 0 aliphatic rings. The number of carboxylic acids is 1. The highest BCUT2D eigenvalue weighted by Gasteiger charge is 2.21. The van der Waals surface area contributed by atoms with E-state index < -0.39 is 17.9 Å². The van der Waals surface area contributed by atoms with Gasteiger partial charge in [-0.15, -0.1) is 10.2 Å². The number of nitrogens with one attached hydrogen (secondary N) is 2. The number of aromatic amines is 1. The minimum atomic E-state index is -1.08. The van der Waals surface area contributed by atoms with E-state index >= 15 is 0 Å². The number of carbonyl (C=O) groups excluding carboxylic acids is 1. The Bertz CT molecular complexity index is 336. The maximum Gasteiger partial charge on any atom is 0.326 e. The van der Waals surface area contributed by atoms with Gasteiger partial charge >= 0.3 is 5.97 Å². The predicted molar refractivity (Wildman–Crippen MR) is 48.0 cm³/mol. The quantitative estimate of drug-likeness (QED) is 0.587. The summed E-state index contributed by atoms with van der Waals surface area (Å²) in [7, 11) is 0. The van der Waals surface area contributed by atoms with Crippen LogP contribution in [0.15, 0.2) is 0 Å². The van der Waals surface area contributed by atoms with Gasteiger partial charge in [-0.1, -0.05) is 13.3 Å². The van der Waals surface area contributed by atoms with Crippen LogP contribution >= 0.6 is 0 Å². The average Bonchev–Trinajstić information content (AvgIpc) is 2.69. The molecule has 15 heavy (non-hydrogen) atoms.